The summed E-state index contributed by atoms with van der Waals surface area (Å²) in [6.07, 6.45) is 1.62. The number of carbonyl (C=O) groups is 1. The first-order valence-electron chi connectivity index (χ1n) is 8.84. The van der Waals surface area contributed by atoms with Crippen molar-refractivity contribution in [1.82, 2.24) is 4.98 Å². The topological polar surface area (TPSA) is 72.5 Å². The molecule has 1 amide bonds. The molecule has 3 rings (SSSR count). The predicted octanol–water partition coefficient (Wildman–Crippen LogP) is 4.71. The maximum atomic E-state index is 12.5. The smallest absolute Gasteiger partial charge is 0.255 e. The zero-order valence-corrected chi connectivity index (χ0v) is 16.4. The number of methoxy groups -OCH3 is 2. The zero-order chi connectivity index (χ0) is 20.1. The molecule has 6 nitrogen and oxygen atoms in total. The molecule has 144 valence electrons. The molecule has 28 heavy (non-hydrogen) atoms. The summed E-state index contributed by atoms with van der Waals surface area (Å²) in [5.74, 6) is 1.53. The molecule has 0 aliphatic heterocycles. The third-order valence-electron chi connectivity index (χ3n) is 4.40. The first-order valence-corrected chi connectivity index (χ1v) is 8.84. The van der Waals surface area contributed by atoms with Crippen LogP contribution in [0.4, 0.5) is 17.2 Å². The molecule has 1 aromatic heterocycles. The van der Waals surface area contributed by atoms with Gasteiger partial charge in [-0.25, -0.2) is 4.98 Å². The number of ether oxygens (including phenoxy) is 2. The molecule has 2 N–H and O–H groups in total. The van der Waals surface area contributed by atoms with Gasteiger partial charge in [0.1, 0.15) is 5.82 Å². The van der Waals surface area contributed by atoms with Crippen LogP contribution in [0.3, 0.4) is 0 Å². The lowest BCUT2D eigenvalue weighted by molar-refractivity contribution is 0.102. The van der Waals surface area contributed by atoms with Crippen LogP contribution in [0.15, 0.2) is 54.7 Å². The van der Waals surface area contributed by atoms with Gasteiger partial charge in [0.25, 0.3) is 5.91 Å². The third-order valence-corrected chi connectivity index (χ3v) is 4.40. The summed E-state index contributed by atoms with van der Waals surface area (Å²) in [5, 5.41) is 6.16. The summed E-state index contributed by atoms with van der Waals surface area (Å²) in [6, 6.07) is 14.8. The second-order valence-corrected chi connectivity index (χ2v) is 6.35. The predicted molar refractivity (Wildman–Crippen MR) is 111 cm³/mol. The van der Waals surface area contributed by atoms with Crippen molar-refractivity contribution >= 4 is 23.1 Å². The lowest BCUT2D eigenvalue weighted by Gasteiger charge is -2.13. The van der Waals surface area contributed by atoms with Crippen molar-refractivity contribution in [3.8, 4) is 11.5 Å². The summed E-state index contributed by atoms with van der Waals surface area (Å²) < 4.78 is 10.4. The highest BCUT2D eigenvalue weighted by Crippen LogP contribution is 2.28. The molecule has 6 heteroatoms. The van der Waals surface area contributed by atoms with Gasteiger partial charge in [-0.3, -0.25) is 4.79 Å². The van der Waals surface area contributed by atoms with Crippen LogP contribution in [0.25, 0.3) is 0 Å². The molecular weight excluding hydrogens is 354 g/mol. The zero-order valence-electron chi connectivity index (χ0n) is 16.4. The molecule has 0 saturated heterocycles. The van der Waals surface area contributed by atoms with Crippen LogP contribution in [-0.2, 0) is 0 Å². The summed E-state index contributed by atoms with van der Waals surface area (Å²) >= 11 is 0. The van der Waals surface area contributed by atoms with Crippen molar-refractivity contribution in [2.45, 2.75) is 13.8 Å². The Hall–Kier alpha value is -3.54. The Bertz CT molecular complexity index is 965. The van der Waals surface area contributed by atoms with E-state index >= 15 is 0 Å². The lowest BCUT2D eigenvalue weighted by atomic mass is 10.1. The Labute approximate surface area is 164 Å². The number of anilines is 3. The van der Waals surface area contributed by atoms with Crippen LogP contribution in [0.1, 0.15) is 21.5 Å². The molecule has 0 radical (unpaired) electrons. The number of nitrogens with zero attached hydrogens (tertiary/aromatic N) is 1. The SMILES string of the molecule is COc1ccc(C(=O)Nc2ccc(Nc3c(C)cccc3C)nc2)cc1OC. The number of aromatic nitrogens is 1. The second kappa shape index (κ2) is 8.43. The standard InChI is InChI=1S/C22H23N3O3/c1-14-6-5-7-15(2)21(14)25-20-11-9-17(13-23-20)24-22(26)16-8-10-18(27-3)19(12-16)28-4/h5-13H,1-4H3,(H,23,25)(H,24,26). The third kappa shape index (κ3) is 4.23. The number of para-hydroxylation sites is 1. The van der Waals surface area contributed by atoms with Gasteiger partial charge in [-0.05, 0) is 55.3 Å². The van der Waals surface area contributed by atoms with Gasteiger partial charge < -0.3 is 20.1 Å². The van der Waals surface area contributed by atoms with Crippen LogP contribution in [-0.4, -0.2) is 25.1 Å². The first kappa shape index (κ1) is 19.2. The van der Waals surface area contributed by atoms with Crippen LogP contribution in [0.2, 0.25) is 0 Å². The number of rotatable bonds is 6. The van der Waals surface area contributed by atoms with E-state index in [0.29, 0.717) is 28.6 Å². The summed E-state index contributed by atoms with van der Waals surface area (Å²) in [5.41, 5.74) is 4.40. The summed E-state index contributed by atoms with van der Waals surface area (Å²) in [7, 11) is 3.09. The highest BCUT2D eigenvalue weighted by molar-refractivity contribution is 6.04. The monoisotopic (exact) mass is 377 g/mol. The van der Waals surface area contributed by atoms with Crippen LogP contribution >= 0.6 is 0 Å². The number of hydrogen-bond acceptors (Lipinski definition) is 5. The number of benzene rings is 2. The largest absolute Gasteiger partial charge is 0.493 e. The van der Waals surface area contributed by atoms with Crippen molar-refractivity contribution in [3.05, 3.63) is 71.4 Å². The fraction of sp³-hybridized carbons (Fsp3) is 0.182. The fourth-order valence-electron chi connectivity index (χ4n) is 2.86. The Morgan fingerprint density at radius 3 is 2.25 bits per heavy atom. The molecular formula is C22H23N3O3. The molecule has 0 aliphatic carbocycles. The summed E-state index contributed by atoms with van der Waals surface area (Å²) in [6.45, 7) is 4.10. The van der Waals surface area contributed by atoms with E-state index in [1.165, 1.54) is 7.11 Å². The molecule has 0 unspecified atom stereocenters. The van der Waals surface area contributed by atoms with Gasteiger partial charge in [0.05, 0.1) is 26.1 Å². The maximum Gasteiger partial charge on any atom is 0.255 e. The van der Waals surface area contributed by atoms with Gasteiger partial charge in [-0.15, -0.1) is 0 Å². The minimum Gasteiger partial charge on any atom is -0.493 e. The number of hydrogen-bond donors (Lipinski definition) is 2. The van der Waals surface area contributed by atoms with E-state index in [2.05, 4.69) is 15.6 Å². The second-order valence-electron chi connectivity index (χ2n) is 6.35. The molecule has 0 saturated carbocycles. The van der Waals surface area contributed by atoms with Crippen molar-refractivity contribution in [1.29, 1.82) is 0 Å². The van der Waals surface area contributed by atoms with Gasteiger partial charge >= 0.3 is 0 Å². The van der Waals surface area contributed by atoms with Gasteiger partial charge in [0.15, 0.2) is 11.5 Å². The van der Waals surface area contributed by atoms with Gasteiger partial charge in [0.2, 0.25) is 0 Å². The van der Waals surface area contributed by atoms with E-state index in [4.69, 9.17) is 9.47 Å². The summed E-state index contributed by atoms with van der Waals surface area (Å²) in [4.78, 5) is 16.9. The molecule has 2 aromatic carbocycles. The lowest BCUT2D eigenvalue weighted by Crippen LogP contribution is -2.12. The van der Waals surface area contributed by atoms with Gasteiger partial charge in [0, 0.05) is 11.3 Å². The molecule has 0 fully saturated rings. The molecule has 0 aliphatic rings. The van der Waals surface area contributed by atoms with Crippen molar-refractivity contribution in [2.24, 2.45) is 0 Å². The van der Waals surface area contributed by atoms with E-state index in [9.17, 15) is 4.79 Å². The molecule has 1 heterocycles. The number of pyridine rings is 1. The van der Waals surface area contributed by atoms with Crippen molar-refractivity contribution in [3.63, 3.8) is 0 Å². The average Bonchev–Trinajstić information content (AvgIpc) is 2.71. The molecule has 0 atom stereocenters. The Morgan fingerprint density at radius 2 is 1.64 bits per heavy atom. The van der Waals surface area contributed by atoms with E-state index in [1.54, 1.807) is 31.5 Å². The van der Waals surface area contributed by atoms with Crippen LogP contribution in [0, 0.1) is 13.8 Å². The quantitative estimate of drug-likeness (QED) is 0.651. The van der Waals surface area contributed by atoms with Crippen molar-refractivity contribution < 1.29 is 14.3 Å². The Morgan fingerprint density at radius 1 is 0.929 bits per heavy atom. The number of carbonyl (C=O) groups excluding carboxylic acids is 1. The Kier molecular flexibility index (Phi) is 5.79. The Balaban J connectivity index is 1.71. The highest BCUT2D eigenvalue weighted by atomic mass is 16.5. The van der Waals surface area contributed by atoms with Crippen LogP contribution < -0.4 is 20.1 Å². The first-order chi connectivity index (χ1) is 13.5. The molecule has 0 spiro atoms. The van der Waals surface area contributed by atoms with Gasteiger partial charge in [-0.2, -0.15) is 0 Å². The van der Waals surface area contributed by atoms with Crippen molar-refractivity contribution in [2.75, 3.05) is 24.9 Å². The van der Waals surface area contributed by atoms with E-state index in [-0.39, 0.29) is 5.91 Å². The highest BCUT2D eigenvalue weighted by Gasteiger charge is 2.11. The number of amides is 1. The normalized spacial score (nSPS) is 10.3. The van der Waals surface area contributed by atoms with E-state index in [0.717, 1.165) is 16.8 Å². The number of nitrogens with one attached hydrogen (secondary N) is 2. The van der Waals surface area contributed by atoms with Crippen LogP contribution in [0.5, 0.6) is 11.5 Å². The minimum absolute atomic E-state index is 0.252. The fourth-order valence-corrected chi connectivity index (χ4v) is 2.86. The average molecular weight is 377 g/mol. The minimum atomic E-state index is -0.252. The van der Waals surface area contributed by atoms with E-state index in [1.807, 2.05) is 44.2 Å². The van der Waals surface area contributed by atoms with E-state index < -0.39 is 0 Å². The van der Waals surface area contributed by atoms with Gasteiger partial charge in [-0.1, -0.05) is 18.2 Å². The molecule has 0 bridgehead atoms. The number of aryl methyl sites for hydroxylation is 2. The maximum absolute atomic E-state index is 12.5. The molecule has 3 aromatic rings.